The lowest BCUT2D eigenvalue weighted by Gasteiger charge is -2.11. The number of alkyl halides is 3. The number of thioether (sulfide) groups is 1. The van der Waals surface area contributed by atoms with Crippen molar-refractivity contribution in [2.24, 2.45) is 0 Å². The molecule has 0 spiro atoms. The number of rotatable bonds is 8. The molecule has 0 bridgehead atoms. The van der Waals surface area contributed by atoms with E-state index in [2.05, 4.69) is 10.6 Å². The molecule has 0 aliphatic heterocycles. The quantitative estimate of drug-likeness (QED) is 0.227. The average Bonchev–Trinajstić information content (AvgIpc) is 3.20. The number of carbonyl (C=O) groups excluding carboxylic acids is 2. The van der Waals surface area contributed by atoms with E-state index in [1.165, 1.54) is 11.8 Å². The number of halogens is 4. The molecule has 4 rings (SSSR count). The van der Waals surface area contributed by atoms with Gasteiger partial charge in [-0.25, -0.2) is 0 Å². The van der Waals surface area contributed by atoms with Gasteiger partial charge in [0.15, 0.2) is 0 Å². The van der Waals surface area contributed by atoms with Crippen LogP contribution in [0.3, 0.4) is 0 Å². The van der Waals surface area contributed by atoms with E-state index in [0.717, 1.165) is 45.1 Å². The Morgan fingerprint density at radius 1 is 1.00 bits per heavy atom. The molecule has 198 valence electrons. The van der Waals surface area contributed by atoms with Crippen LogP contribution in [0.25, 0.3) is 10.9 Å². The molecule has 10 heteroatoms. The van der Waals surface area contributed by atoms with Crippen LogP contribution in [0, 0.1) is 13.8 Å². The third-order valence-corrected chi connectivity index (χ3v) is 7.17. The lowest BCUT2D eigenvalue weighted by atomic mass is 10.1. The van der Waals surface area contributed by atoms with Crippen LogP contribution < -0.4 is 10.6 Å². The van der Waals surface area contributed by atoms with E-state index in [0.29, 0.717) is 18.7 Å². The van der Waals surface area contributed by atoms with Crippen molar-refractivity contribution in [1.82, 2.24) is 9.88 Å². The Labute approximate surface area is 227 Å². The number of amides is 2. The third kappa shape index (κ3) is 6.71. The first-order valence-electron chi connectivity index (χ1n) is 11.7. The van der Waals surface area contributed by atoms with Crippen molar-refractivity contribution < 1.29 is 22.8 Å². The van der Waals surface area contributed by atoms with Gasteiger partial charge in [0.25, 0.3) is 5.91 Å². The summed E-state index contributed by atoms with van der Waals surface area (Å²) in [5, 5.41) is 6.38. The molecule has 0 aliphatic carbocycles. The highest BCUT2D eigenvalue weighted by atomic mass is 35.5. The first kappa shape index (κ1) is 27.6. The first-order chi connectivity index (χ1) is 18.0. The van der Waals surface area contributed by atoms with Crippen LogP contribution in [-0.4, -0.2) is 28.7 Å². The van der Waals surface area contributed by atoms with Gasteiger partial charge in [-0.05, 0) is 50.2 Å². The Balaban J connectivity index is 1.40. The standard InChI is InChI=1S/C28H25ClF3N3O2S/c1-17-11-18(2)13-19(12-17)27(37)33-9-10-35-15-25(21-5-3-4-6-24(21)35)38-16-26(36)34-23-14-20(28(30,31)32)7-8-22(23)29/h3-8,11-15H,9-10,16H2,1-2H3,(H,33,37)(H,34,36). The van der Waals surface area contributed by atoms with Crippen molar-refractivity contribution >= 4 is 51.8 Å². The number of aryl methyl sites for hydroxylation is 2. The van der Waals surface area contributed by atoms with Crippen molar-refractivity contribution in [3.05, 3.63) is 94.1 Å². The molecular formula is C28H25ClF3N3O2S. The van der Waals surface area contributed by atoms with Gasteiger partial charge in [0.2, 0.25) is 5.91 Å². The van der Waals surface area contributed by atoms with Crippen molar-refractivity contribution in [2.45, 2.75) is 31.5 Å². The predicted octanol–water partition coefficient (Wildman–Crippen LogP) is 7.09. The molecule has 0 saturated heterocycles. The summed E-state index contributed by atoms with van der Waals surface area (Å²) >= 11 is 7.26. The van der Waals surface area contributed by atoms with Gasteiger partial charge in [-0.2, -0.15) is 13.2 Å². The van der Waals surface area contributed by atoms with Crippen LogP contribution >= 0.6 is 23.4 Å². The van der Waals surface area contributed by atoms with Gasteiger partial charge in [-0.1, -0.05) is 47.0 Å². The van der Waals surface area contributed by atoms with Crippen LogP contribution in [0.1, 0.15) is 27.0 Å². The third-order valence-electron chi connectivity index (χ3n) is 5.80. The zero-order valence-corrected chi connectivity index (χ0v) is 22.2. The number of anilines is 1. The van der Waals surface area contributed by atoms with E-state index in [-0.39, 0.29) is 22.4 Å². The predicted molar refractivity (Wildman–Crippen MR) is 146 cm³/mol. The molecule has 0 aliphatic rings. The monoisotopic (exact) mass is 559 g/mol. The number of benzene rings is 3. The van der Waals surface area contributed by atoms with Crippen molar-refractivity contribution in [3.8, 4) is 0 Å². The Hall–Kier alpha value is -3.43. The number of nitrogens with one attached hydrogen (secondary N) is 2. The molecule has 0 radical (unpaired) electrons. The molecule has 0 fully saturated rings. The van der Waals surface area contributed by atoms with E-state index in [1.54, 1.807) is 0 Å². The first-order valence-corrected chi connectivity index (χ1v) is 13.1. The van der Waals surface area contributed by atoms with Crippen molar-refractivity contribution in [1.29, 1.82) is 0 Å². The minimum Gasteiger partial charge on any atom is -0.350 e. The second-order valence-corrected chi connectivity index (χ2v) is 10.3. The lowest BCUT2D eigenvalue weighted by Crippen LogP contribution is -2.27. The van der Waals surface area contributed by atoms with E-state index in [9.17, 15) is 22.8 Å². The molecule has 2 amide bonds. The summed E-state index contributed by atoms with van der Waals surface area (Å²) in [6, 6.07) is 16.2. The number of nitrogens with zero attached hydrogens (tertiary/aromatic N) is 1. The molecule has 0 saturated carbocycles. The molecule has 3 aromatic carbocycles. The van der Waals surface area contributed by atoms with Crippen molar-refractivity contribution in [2.75, 3.05) is 17.6 Å². The molecule has 0 unspecified atom stereocenters. The summed E-state index contributed by atoms with van der Waals surface area (Å²) in [6.07, 6.45) is -2.64. The molecule has 2 N–H and O–H groups in total. The fourth-order valence-corrected chi connectivity index (χ4v) is 5.19. The number of aromatic nitrogens is 1. The van der Waals surface area contributed by atoms with Crippen LogP contribution in [0.2, 0.25) is 5.02 Å². The molecule has 4 aromatic rings. The van der Waals surface area contributed by atoms with Gasteiger partial charge in [-0.3, -0.25) is 9.59 Å². The van der Waals surface area contributed by atoms with Crippen LogP contribution in [0.4, 0.5) is 18.9 Å². The van der Waals surface area contributed by atoms with Crippen LogP contribution in [-0.2, 0) is 17.5 Å². The zero-order chi connectivity index (χ0) is 27.4. The van der Waals surface area contributed by atoms with E-state index in [1.807, 2.05) is 67.1 Å². The van der Waals surface area contributed by atoms with Gasteiger partial charge in [0, 0.05) is 40.6 Å². The summed E-state index contributed by atoms with van der Waals surface area (Å²) in [5.41, 5.74) is 2.62. The van der Waals surface area contributed by atoms with E-state index >= 15 is 0 Å². The van der Waals surface area contributed by atoms with E-state index in [4.69, 9.17) is 11.6 Å². The molecular weight excluding hydrogens is 535 g/mol. The highest BCUT2D eigenvalue weighted by Gasteiger charge is 2.31. The number of carbonyl (C=O) groups is 2. The highest BCUT2D eigenvalue weighted by molar-refractivity contribution is 8.00. The van der Waals surface area contributed by atoms with Crippen LogP contribution in [0.5, 0.6) is 0 Å². The van der Waals surface area contributed by atoms with Crippen LogP contribution in [0.15, 0.2) is 71.8 Å². The largest absolute Gasteiger partial charge is 0.416 e. The second kappa shape index (κ2) is 11.5. The summed E-state index contributed by atoms with van der Waals surface area (Å²) in [5.74, 6) is -0.647. The minimum atomic E-state index is -4.54. The fraction of sp³-hybridized carbons (Fsp3) is 0.214. The maximum atomic E-state index is 13.0. The normalized spacial score (nSPS) is 11.5. The molecule has 38 heavy (non-hydrogen) atoms. The van der Waals surface area contributed by atoms with Crippen molar-refractivity contribution in [3.63, 3.8) is 0 Å². The zero-order valence-electron chi connectivity index (χ0n) is 20.7. The van der Waals surface area contributed by atoms with Gasteiger partial charge in [0.1, 0.15) is 0 Å². The smallest absolute Gasteiger partial charge is 0.350 e. The van der Waals surface area contributed by atoms with Gasteiger partial charge in [0.05, 0.1) is 22.0 Å². The minimum absolute atomic E-state index is 0.0238. The Bertz CT molecular complexity index is 1480. The Morgan fingerprint density at radius 3 is 2.42 bits per heavy atom. The number of fused-ring (bicyclic) bond motifs is 1. The summed E-state index contributed by atoms with van der Waals surface area (Å²) < 4.78 is 41.1. The number of hydrogen-bond acceptors (Lipinski definition) is 3. The fourth-order valence-electron chi connectivity index (χ4n) is 4.14. The topological polar surface area (TPSA) is 63.1 Å². The molecule has 1 heterocycles. The Morgan fingerprint density at radius 2 is 1.71 bits per heavy atom. The average molecular weight is 560 g/mol. The van der Waals surface area contributed by atoms with E-state index < -0.39 is 17.6 Å². The molecule has 1 aromatic heterocycles. The van der Waals surface area contributed by atoms with Gasteiger partial charge in [-0.15, -0.1) is 11.8 Å². The summed E-state index contributed by atoms with van der Waals surface area (Å²) in [4.78, 5) is 26.0. The second-order valence-electron chi connectivity index (χ2n) is 8.87. The SMILES string of the molecule is Cc1cc(C)cc(C(=O)NCCn2cc(SCC(=O)Nc3cc(C(F)(F)F)ccc3Cl)c3ccccc32)c1. The molecule has 5 nitrogen and oxygen atoms in total. The number of para-hydroxylation sites is 1. The maximum Gasteiger partial charge on any atom is 0.416 e. The van der Waals surface area contributed by atoms with Gasteiger partial charge >= 0.3 is 6.18 Å². The Kier molecular flexibility index (Phi) is 8.38. The van der Waals surface area contributed by atoms with Gasteiger partial charge < -0.3 is 15.2 Å². The maximum absolute atomic E-state index is 13.0. The molecule has 0 atom stereocenters. The lowest BCUT2D eigenvalue weighted by molar-refractivity contribution is -0.137. The number of hydrogen-bond donors (Lipinski definition) is 2. The summed E-state index contributed by atoms with van der Waals surface area (Å²) in [7, 11) is 0. The summed E-state index contributed by atoms with van der Waals surface area (Å²) in [6.45, 7) is 4.82. The highest BCUT2D eigenvalue weighted by Crippen LogP contribution is 2.34.